The van der Waals surface area contributed by atoms with E-state index in [2.05, 4.69) is 28.5 Å². The largest absolute Gasteiger partial charge is 0.504 e. The number of hydrogen-bond acceptors (Lipinski definition) is 5. The highest BCUT2D eigenvalue weighted by molar-refractivity contribution is 7.89. The number of piperazine rings is 1. The first-order valence-corrected chi connectivity index (χ1v) is 12.4. The van der Waals surface area contributed by atoms with Gasteiger partial charge in [0.15, 0.2) is 5.75 Å². The molecule has 1 aromatic carbocycles. The van der Waals surface area contributed by atoms with Crippen LogP contribution in [0.5, 0.6) is 5.75 Å². The number of sulfonamides is 1. The molecule has 2 heterocycles. The summed E-state index contributed by atoms with van der Waals surface area (Å²) in [6.07, 6.45) is 5.75. The van der Waals surface area contributed by atoms with Crippen LogP contribution in [0.15, 0.2) is 28.7 Å². The Hall–Kier alpha value is -1.81. The Labute approximate surface area is 188 Å². The quantitative estimate of drug-likeness (QED) is 0.465. The zero-order chi connectivity index (χ0) is 22.4. The Balaban J connectivity index is 1.57. The monoisotopic (exact) mass is 468 g/mol. The summed E-state index contributed by atoms with van der Waals surface area (Å²) in [5, 5.41) is 16.1. The van der Waals surface area contributed by atoms with Crippen LogP contribution in [0, 0.1) is 0 Å². The van der Waals surface area contributed by atoms with E-state index in [0.29, 0.717) is 19.6 Å². The summed E-state index contributed by atoms with van der Waals surface area (Å²) in [6, 6.07) is 2.22. The van der Waals surface area contributed by atoms with Gasteiger partial charge in [-0.25, -0.2) is 13.2 Å². The van der Waals surface area contributed by atoms with E-state index in [-0.39, 0.29) is 27.2 Å². The number of nitrogens with one attached hydrogen (secondary N) is 2. The van der Waals surface area contributed by atoms with Crippen LogP contribution in [-0.2, 0) is 10.0 Å². The molecular formula is C21H29ClN4O4S. The van der Waals surface area contributed by atoms with E-state index in [0.717, 1.165) is 37.8 Å². The van der Waals surface area contributed by atoms with Crippen molar-refractivity contribution in [2.75, 3.05) is 31.5 Å². The molecule has 170 valence electrons. The van der Waals surface area contributed by atoms with Gasteiger partial charge in [-0.3, -0.25) is 4.90 Å². The lowest BCUT2D eigenvalue weighted by atomic mass is 9.97. The fourth-order valence-electron chi connectivity index (χ4n) is 4.91. The maximum Gasteiger partial charge on any atom is 0.319 e. The summed E-state index contributed by atoms with van der Waals surface area (Å²) in [6.45, 7) is 6.32. The number of phenolic OH excluding ortho intramolecular Hbond substituents is 1. The van der Waals surface area contributed by atoms with E-state index < -0.39 is 21.8 Å². The molecule has 2 aliphatic heterocycles. The van der Waals surface area contributed by atoms with Crippen molar-refractivity contribution in [3.05, 3.63) is 28.8 Å². The normalized spacial score (nSPS) is 27.1. The molecule has 10 heteroatoms. The van der Waals surface area contributed by atoms with Crippen LogP contribution in [0.25, 0.3) is 0 Å². The molecule has 0 unspecified atom stereocenters. The first-order chi connectivity index (χ1) is 14.6. The number of aromatic hydroxyl groups is 1. The molecule has 0 spiro atoms. The Kier molecular flexibility index (Phi) is 5.97. The number of carbonyl (C=O) groups is 1. The van der Waals surface area contributed by atoms with Gasteiger partial charge in [0.25, 0.3) is 0 Å². The number of allylic oxidation sites excluding steroid dienone is 1. The highest BCUT2D eigenvalue weighted by Crippen LogP contribution is 2.41. The molecule has 4 rings (SSSR count). The van der Waals surface area contributed by atoms with E-state index in [1.54, 1.807) is 0 Å². The number of rotatable bonds is 4. The predicted molar refractivity (Wildman–Crippen MR) is 120 cm³/mol. The van der Waals surface area contributed by atoms with Gasteiger partial charge >= 0.3 is 6.03 Å². The van der Waals surface area contributed by atoms with Crippen LogP contribution in [0.2, 0.25) is 5.02 Å². The van der Waals surface area contributed by atoms with Gasteiger partial charge in [0.2, 0.25) is 10.0 Å². The third-order valence-electron chi connectivity index (χ3n) is 6.75. The van der Waals surface area contributed by atoms with Crippen molar-refractivity contribution in [2.45, 2.75) is 56.0 Å². The third kappa shape index (κ3) is 4.16. The summed E-state index contributed by atoms with van der Waals surface area (Å²) in [5.74, 6) is -0.541. The van der Waals surface area contributed by atoms with Gasteiger partial charge in [-0.2, -0.15) is 4.31 Å². The Morgan fingerprint density at radius 3 is 2.77 bits per heavy atom. The van der Waals surface area contributed by atoms with Gasteiger partial charge in [0.1, 0.15) is 4.90 Å². The Morgan fingerprint density at radius 2 is 2.06 bits per heavy atom. The topological polar surface area (TPSA) is 102 Å². The van der Waals surface area contributed by atoms with Crippen molar-refractivity contribution in [1.82, 2.24) is 14.5 Å². The molecule has 3 aliphatic rings. The minimum atomic E-state index is -4.05. The number of carbonyl (C=O) groups excluding carboxylic acids is 1. The molecule has 3 N–H and O–H groups in total. The van der Waals surface area contributed by atoms with E-state index in [9.17, 15) is 18.3 Å². The first-order valence-electron chi connectivity index (χ1n) is 10.6. The second kappa shape index (κ2) is 8.27. The van der Waals surface area contributed by atoms with Crippen LogP contribution >= 0.6 is 11.6 Å². The van der Waals surface area contributed by atoms with Crippen LogP contribution < -0.4 is 10.6 Å². The molecule has 2 fully saturated rings. The van der Waals surface area contributed by atoms with Gasteiger partial charge < -0.3 is 15.7 Å². The molecule has 31 heavy (non-hydrogen) atoms. The van der Waals surface area contributed by atoms with Crippen LogP contribution in [0.1, 0.15) is 39.5 Å². The Bertz CT molecular complexity index is 1030. The number of halogens is 1. The molecule has 8 nitrogen and oxygen atoms in total. The summed E-state index contributed by atoms with van der Waals surface area (Å²) >= 11 is 6.23. The van der Waals surface area contributed by atoms with Gasteiger partial charge in [0.05, 0.1) is 16.8 Å². The molecular weight excluding hydrogens is 440 g/mol. The summed E-state index contributed by atoms with van der Waals surface area (Å²) < 4.78 is 28.3. The number of amides is 2. The van der Waals surface area contributed by atoms with Crippen LogP contribution in [0.4, 0.5) is 10.5 Å². The standard InChI is InChI=1S/C21H29ClN4O4S/c1-14-5-3-6-16(14)23-20(28)24-17-8-7-15(22)19(18(17)27)31(29,30)26-12-11-25-10-4-9-21(25,2)13-26/h5,7-8,16,27H,3-4,6,9-13H2,1-2H3,(H2,23,24,28)/t16-,21+/m1/s1. The van der Waals surface area contributed by atoms with Crippen molar-refractivity contribution in [1.29, 1.82) is 0 Å². The Morgan fingerprint density at radius 1 is 1.29 bits per heavy atom. The lowest BCUT2D eigenvalue weighted by Crippen LogP contribution is -2.58. The number of anilines is 1. The number of nitrogens with zero attached hydrogens (tertiary/aromatic N) is 2. The zero-order valence-electron chi connectivity index (χ0n) is 17.8. The molecule has 1 aromatic rings. The molecule has 0 saturated carbocycles. The number of urea groups is 1. The molecule has 1 aliphatic carbocycles. The number of hydrogen-bond donors (Lipinski definition) is 3. The summed E-state index contributed by atoms with van der Waals surface area (Å²) in [4.78, 5) is 14.4. The van der Waals surface area contributed by atoms with E-state index in [1.807, 2.05) is 6.92 Å². The number of phenols is 1. The summed E-state index contributed by atoms with van der Waals surface area (Å²) in [5.41, 5.74) is 0.875. The average Bonchev–Trinajstić information content (AvgIpc) is 3.28. The SMILES string of the molecule is CC1=CCC[C@H]1NC(=O)Nc1ccc(Cl)c(S(=O)(=O)N2CCN3CCC[C@@]3(C)C2)c1O. The second-order valence-electron chi connectivity index (χ2n) is 8.88. The van der Waals surface area contributed by atoms with Crippen molar-refractivity contribution >= 4 is 33.3 Å². The number of fused-ring (bicyclic) bond motifs is 1. The van der Waals surface area contributed by atoms with E-state index in [4.69, 9.17) is 11.6 Å². The first kappa shape index (κ1) is 22.4. The minimum absolute atomic E-state index is 0.00539. The fraction of sp³-hybridized carbons (Fsp3) is 0.571. The predicted octanol–water partition coefficient (Wildman–Crippen LogP) is 3.13. The van der Waals surface area contributed by atoms with Gasteiger partial charge in [-0.1, -0.05) is 23.3 Å². The number of benzene rings is 1. The van der Waals surface area contributed by atoms with Crippen molar-refractivity contribution in [2.24, 2.45) is 0 Å². The van der Waals surface area contributed by atoms with Gasteiger partial charge in [-0.05, 0) is 58.2 Å². The smallest absolute Gasteiger partial charge is 0.319 e. The van der Waals surface area contributed by atoms with Gasteiger partial charge in [-0.15, -0.1) is 0 Å². The molecule has 2 amide bonds. The van der Waals surface area contributed by atoms with E-state index >= 15 is 0 Å². The van der Waals surface area contributed by atoms with Crippen LogP contribution in [0.3, 0.4) is 0 Å². The zero-order valence-corrected chi connectivity index (χ0v) is 19.4. The van der Waals surface area contributed by atoms with Crippen molar-refractivity contribution in [3.63, 3.8) is 0 Å². The maximum atomic E-state index is 13.4. The minimum Gasteiger partial charge on any atom is -0.504 e. The lowest BCUT2D eigenvalue weighted by molar-refractivity contribution is 0.0800. The molecule has 0 aromatic heterocycles. The second-order valence-corrected chi connectivity index (χ2v) is 11.2. The lowest BCUT2D eigenvalue weighted by Gasteiger charge is -2.44. The molecule has 0 radical (unpaired) electrons. The van der Waals surface area contributed by atoms with Crippen molar-refractivity contribution < 1.29 is 18.3 Å². The highest BCUT2D eigenvalue weighted by atomic mass is 35.5. The molecule has 2 saturated heterocycles. The fourth-order valence-corrected chi connectivity index (χ4v) is 7.05. The highest BCUT2D eigenvalue weighted by Gasteiger charge is 2.45. The van der Waals surface area contributed by atoms with Crippen molar-refractivity contribution in [3.8, 4) is 5.75 Å². The molecule has 0 bridgehead atoms. The summed E-state index contributed by atoms with van der Waals surface area (Å²) in [7, 11) is -4.05. The average molecular weight is 469 g/mol. The molecule has 2 atom stereocenters. The van der Waals surface area contributed by atoms with Crippen LogP contribution in [-0.4, -0.2) is 66.5 Å². The van der Waals surface area contributed by atoms with Gasteiger partial charge in [0, 0.05) is 25.2 Å². The third-order valence-corrected chi connectivity index (χ3v) is 9.10. The maximum absolute atomic E-state index is 13.4. The van der Waals surface area contributed by atoms with E-state index in [1.165, 1.54) is 16.4 Å².